The van der Waals surface area contributed by atoms with Crippen molar-refractivity contribution in [2.24, 2.45) is 0 Å². The number of ether oxygens (including phenoxy) is 1. The van der Waals surface area contributed by atoms with Crippen LogP contribution in [0.3, 0.4) is 0 Å². The predicted octanol–water partition coefficient (Wildman–Crippen LogP) is 3.57. The van der Waals surface area contributed by atoms with Gasteiger partial charge in [0.25, 0.3) is 0 Å². The molecule has 30 heavy (non-hydrogen) atoms. The standard InChI is InChI=1S/C23H26N2O4S/c1-25(17-20-10-5-6-11-22(20)29-2)23(26)12-7-15-24-30(27,28)21-14-13-18-8-3-4-9-19(18)16-21/h3-6,8-11,13-14,16,24H,7,12,15,17H2,1-2H3. The summed E-state index contributed by atoms with van der Waals surface area (Å²) in [6.45, 7) is 0.634. The number of nitrogens with zero attached hydrogens (tertiary/aromatic N) is 1. The van der Waals surface area contributed by atoms with Crippen molar-refractivity contribution < 1.29 is 17.9 Å². The fourth-order valence-corrected chi connectivity index (χ4v) is 4.34. The molecule has 0 fully saturated rings. The van der Waals surface area contributed by atoms with E-state index in [9.17, 15) is 13.2 Å². The van der Waals surface area contributed by atoms with E-state index in [1.165, 1.54) is 0 Å². The van der Waals surface area contributed by atoms with Crippen LogP contribution in [0, 0.1) is 0 Å². The highest BCUT2D eigenvalue weighted by molar-refractivity contribution is 7.89. The Balaban J connectivity index is 1.51. The molecule has 3 aromatic rings. The summed E-state index contributed by atoms with van der Waals surface area (Å²) in [6.07, 6.45) is 0.674. The highest BCUT2D eigenvalue weighted by atomic mass is 32.2. The van der Waals surface area contributed by atoms with Crippen LogP contribution in [0.25, 0.3) is 10.8 Å². The smallest absolute Gasteiger partial charge is 0.240 e. The van der Waals surface area contributed by atoms with Crippen LogP contribution in [0.15, 0.2) is 71.6 Å². The Morgan fingerprint density at radius 3 is 2.47 bits per heavy atom. The van der Waals surface area contributed by atoms with E-state index in [-0.39, 0.29) is 23.8 Å². The summed E-state index contributed by atoms with van der Waals surface area (Å²) < 4.78 is 33.0. The van der Waals surface area contributed by atoms with Crippen LogP contribution in [0.4, 0.5) is 0 Å². The third-order valence-corrected chi connectivity index (χ3v) is 6.38. The first-order valence-electron chi connectivity index (χ1n) is 9.75. The molecule has 0 saturated heterocycles. The predicted molar refractivity (Wildman–Crippen MR) is 118 cm³/mol. The lowest BCUT2D eigenvalue weighted by Crippen LogP contribution is -2.29. The van der Waals surface area contributed by atoms with Gasteiger partial charge in [0.2, 0.25) is 15.9 Å². The molecule has 6 nitrogen and oxygen atoms in total. The molecule has 0 aliphatic rings. The molecule has 0 aliphatic carbocycles. The second kappa shape index (κ2) is 9.73. The largest absolute Gasteiger partial charge is 0.496 e. The molecule has 0 radical (unpaired) electrons. The zero-order chi connectivity index (χ0) is 21.6. The van der Waals surface area contributed by atoms with Crippen molar-refractivity contribution in [2.75, 3.05) is 20.7 Å². The maximum absolute atomic E-state index is 12.5. The minimum atomic E-state index is -3.62. The summed E-state index contributed by atoms with van der Waals surface area (Å²) in [7, 11) is -0.289. The molecule has 3 aromatic carbocycles. The van der Waals surface area contributed by atoms with E-state index in [2.05, 4.69) is 4.72 Å². The number of carbonyl (C=O) groups is 1. The second-order valence-corrected chi connectivity index (χ2v) is 8.84. The molecule has 0 atom stereocenters. The molecule has 3 rings (SSSR count). The van der Waals surface area contributed by atoms with Crippen molar-refractivity contribution in [3.05, 3.63) is 72.3 Å². The summed E-state index contributed by atoms with van der Waals surface area (Å²) in [5, 5.41) is 1.86. The van der Waals surface area contributed by atoms with Crippen molar-refractivity contribution >= 4 is 26.7 Å². The highest BCUT2D eigenvalue weighted by Gasteiger charge is 2.15. The first kappa shape index (κ1) is 21.8. The summed E-state index contributed by atoms with van der Waals surface area (Å²) in [5.41, 5.74) is 0.924. The van der Waals surface area contributed by atoms with E-state index < -0.39 is 10.0 Å². The molecular formula is C23H26N2O4S. The van der Waals surface area contributed by atoms with Crippen molar-refractivity contribution in [3.8, 4) is 5.75 Å². The second-order valence-electron chi connectivity index (χ2n) is 7.07. The maximum atomic E-state index is 12.5. The molecule has 0 spiro atoms. The molecule has 0 aromatic heterocycles. The van der Waals surface area contributed by atoms with Gasteiger partial charge in [-0.25, -0.2) is 13.1 Å². The number of carbonyl (C=O) groups excluding carboxylic acids is 1. The van der Waals surface area contributed by atoms with Gasteiger partial charge >= 0.3 is 0 Å². The number of rotatable bonds is 9. The van der Waals surface area contributed by atoms with Crippen LogP contribution in [0.1, 0.15) is 18.4 Å². The number of nitrogens with one attached hydrogen (secondary N) is 1. The van der Waals surface area contributed by atoms with Gasteiger partial charge in [0.1, 0.15) is 5.75 Å². The van der Waals surface area contributed by atoms with E-state index in [1.807, 2.05) is 48.5 Å². The monoisotopic (exact) mass is 426 g/mol. The number of fused-ring (bicyclic) bond motifs is 1. The lowest BCUT2D eigenvalue weighted by molar-refractivity contribution is -0.130. The SMILES string of the molecule is COc1ccccc1CN(C)C(=O)CCCNS(=O)(=O)c1ccc2ccccc2c1. The van der Waals surface area contributed by atoms with E-state index in [1.54, 1.807) is 37.3 Å². The van der Waals surface area contributed by atoms with Gasteiger partial charge in [-0.15, -0.1) is 0 Å². The van der Waals surface area contributed by atoms with Crippen LogP contribution in [0.2, 0.25) is 0 Å². The van der Waals surface area contributed by atoms with E-state index in [4.69, 9.17) is 4.74 Å². The molecule has 1 N–H and O–H groups in total. The minimum absolute atomic E-state index is 0.0502. The third kappa shape index (κ3) is 5.37. The van der Waals surface area contributed by atoms with Gasteiger partial charge in [0, 0.05) is 32.1 Å². The average Bonchev–Trinajstić information content (AvgIpc) is 2.76. The Morgan fingerprint density at radius 1 is 1.00 bits per heavy atom. The van der Waals surface area contributed by atoms with Crippen molar-refractivity contribution in [1.29, 1.82) is 0 Å². The third-order valence-electron chi connectivity index (χ3n) is 4.92. The van der Waals surface area contributed by atoms with Crippen molar-refractivity contribution in [3.63, 3.8) is 0 Å². The lowest BCUT2D eigenvalue weighted by atomic mass is 10.1. The van der Waals surface area contributed by atoms with Gasteiger partial charge in [-0.1, -0.05) is 48.5 Å². The Hall–Kier alpha value is -2.90. The molecule has 0 aliphatic heterocycles. The zero-order valence-corrected chi connectivity index (χ0v) is 18.0. The topological polar surface area (TPSA) is 75.7 Å². The number of sulfonamides is 1. The molecule has 1 amide bonds. The summed E-state index contributed by atoms with van der Waals surface area (Å²) in [5.74, 6) is 0.686. The van der Waals surface area contributed by atoms with Crippen molar-refractivity contribution in [1.82, 2.24) is 9.62 Å². The maximum Gasteiger partial charge on any atom is 0.240 e. The average molecular weight is 427 g/mol. The highest BCUT2D eigenvalue weighted by Crippen LogP contribution is 2.20. The van der Waals surface area contributed by atoms with Crippen LogP contribution < -0.4 is 9.46 Å². The zero-order valence-electron chi connectivity index (χ0n) is 17.2. The fraction of sp³-hybridized carbons (Fsp3) is 0.261. The van der Waals surface area contributed by atoms with Crippen LogP contribution in [-0.4, -0.2) is 39.9 Å². The lowest BCUT2D eigenvalue weighted by Gasteiger charge is -2.19. The fourth-order valence-electron chi connectivity index (χ4n) is 3.23. The van der Waals surface area contributed by atoms with Crippen LogP contribution in [-0.2, 0) is 21.4 Å². The summed E-state index contributed by atoms with van der Waals surface area (Å²) >= 11 is 0. The van der Waals surface area contributed by atoms with Crippen LogP contribution in [0.5, 0.6) is 5.75 Å². The normalized spacial score (nSPS) is 11.4. The van der Waals surface area contributed by atoms with Crippen molar-refractivity contribution in [2.45, 2.75) is 24.3 Å². The van der Waals surface area contributed by atoms with Gasteiger partial charge in [-0.2, -0.15) is 0 Å². The quantitative estimate of drug-likeness (QED) is 0.531. The Kier molecular flexibility index (Phi) is 7.07. The Morgan fingerprint density at radius 2 is 1.70 bits per heavy atom. The number of amides is 1. The molecule has 7 heteroatoms. The summed E-state index contributed by atoms with van der Waals surface area (Å²) in [6, 6.07) is 20.2. The number of hydrogen-bond donors (Lipinski definition) is 1. The van der Waals surface area contributed by atoms with Crippen LogP contribution >= 0.6 is 0 Å². The minimum Gasteiger partial charge on any atom is -0.496 e. The molecule has 0 saturated carbocycles. The van der Waals surface area contributed by atoms with Gasteiger partial charge in [-0.3, -0.25) is 4.79 Å². The van der Waals surface area contributed by atoms with Gasteiger partial charge in [0.05, 0.1) is 12.0 Å². The van der Waals surface area contributed by atoms with E-state index in [0.29, 0.717) is 13.0 Å². The molecular weight excluding hydrogens is 400 g/mol. The number of benzene rings is 3. The molecule has 158 valence electrons. The number of methoxy groups -OCH3 is 1. The van der Waals surface area contributed by atoms with E-state index >= 15 is 0 Å². The van der Waals surface area contributed by atoms with Gasteiger partial charge < -0.3 is 9.64 Å². The molecule has 0 heterocycles. The Labute approximate surface area is 177 Å². The number of hydrogen-bond acceptors (Lipinski definition) is 4. The van der Waals surface area contributed by atoms with E-state index in [0.717, 1.165) is 22.1 Å². The Bertz CT molecular complexity index is 1130. The molecule has 0 bridgehead atoms. The number of para-hydroxylation sites is 1. The van der Waals surface area contributed by atoms with Gasteiger partial charge in [-0.05, 0) is 35.4 Å². The summed E-state index contributed by atoms with van der Waals surface area (Å²) in [4.78, 5) is 14.2. The van der Waals surface area contributed by atoms with Gasteiger partial charge in [0.15, 0.2) is 0 Å². The first-order chi connectivity index (χ1) is 14.4. The first-order valence-corrected chi connectivity index (χ1v) is 11.2. The molecule has 0 unspecified atom stereocenters.